The third-order valence-electron chi connectivity index (χ3n) is 9.09. The molecule has 2 aromatic carbocycles. The number of halogens is 2. The molecule has 0 radical (unpaired) electrons. The SMILES string of the molecule is CN1CCN(C2CCN(C(=O)N(c3ccc(F)cc3)c3cc(Oc4ccc(NC(=O)C5(C(N)=O)CC5)c(F)c4)ccn3)CC2)CC1. The number of rotatable bonds is 8. The van der Waals surface area contributed by atoms with E-state index in [0.717, 1.165) is 45.1 Å². The number of ether oxygens (including phenoxy) is 1. The molecule has 1 saturated carbocycles. The summed E-state index contributed by atoms with van der Waals surface area (Å²) in [6.07, 6.45) is 3.84. The Morgan fingerprint density at radius 1 is 0.935 bits per heavy atom. The average molecular weight is 634 g/mol. The molecular weight excluding hydrogens is 596 g/mol. The van der Waals surface area contributed by atoms with Crippen LogP contribution in [0, 0.1) is 17.0 Å². The van der Waals surface area contributed by atoms with Crippen LogP contribution in [0.25, 0.3) is 0 Å². The van der Waals surface area contributed by atoms with Crippen LogP contribution in [0.4, 0.5) is 30.8 Å². The standard InChI is InChI=1S/C33H37F2N7O4/c1-39-16-18-40(19-17-39)23-9-14-41(15-10-23)32(45)42(24-4-2-22(34)3-5-24)29-21-26(8-13-37-29)46-25-6-7-28(27(35)20-25)38-31(44)33(11-12-33)30(36)43/h2-8,13,20-21,23H,9-12,14-19H2,1H3,(H2,36,43)(H,38,44). The maximum Gasteiger partial charge on any atom is 0.330 e. The number of nitrogens with one attached hydrogen (secondary N) is 1. The normalized spacial score (nSPS) is 18.5. The van der Waals surface area contributed by atoms with E-state index in [-0.39, 0.29) is 29.0 Å². The number of hydrogen-bond donors (Lipinski definition) is 2. The summed E-state index contributed by atoms with van der Waals surface area (Å²) in [6.45, 7) is 5.26. The van der Waals surface area contributed by atoms with E-state index in [1.54, 1.807) is 17.0 Å². The van der Waals surface area contributed by atoms with Gasteiger partial charge in [0.05, 0.1) is 11.4 Å². The molecule has 11 nitrogen and oxygen atoms in total. The lowest BCUT2D eigenvalue weighted by Gasteiger charge is -2.42. The highest BCUT2D eigenvalue weighted by atomic mass is 19.1. The Labute approximate surface area is 265 Å². The Hall–Kier alpha value is -4.62. The van der Waals surface area contributed by atoms with Crippen LogP contribution in [0.15, 0.2) is 60.8 Å². The summed E-state index contributed by atoms with van der Waals surface area (Å²) in [5, 5.41) is 2.44. The molecule has 3 heterocycles. The van der Waals surface area contributed by atoms with Crippen molar-refractivity contribution in [3.05, 3.63) is 72.4 Å². The molecule has 0 unspecified atom stereocenters. The van der Waals surface area contributed by atoms with Gasteiger partial charge in [-0.15, -0.1) is 0 Å². The van der Waals surface area contributed by atoms with Crippen molar-refractivity contribution in [3.63, 3.8) is 0 Å². The van der Waals surface area contributed by atoms with Crippen LogP contribution in [-0.4, -0.2) is 89.9 Å². The summed E-state index contributed by atoms with van der Waals surface area (Å²) in [6, 6.07) is 12.8. The molecule has 4 amide bonds. The number of anilines is 3. The first-order chi connectivity index (χ1) is 22.1. The van der Waals surface area contributed by atoms with E-state index in [1.165, 1.54) is 47.5 Å². The van der Waals surface area contributed by atoms with E-state index in [1.807, 2.05) is 0 Å². The minimum atomic E-state index is -1.29. The zero-order valence-electron chi connectivity index (χ0n) is 25.6. The van der Waals surface area contributed by atoms with Crippen LogP contribution in [-0.2, 0) is 9.59 Å². The van der Waals surface area contributed by atoms with Gasteiger partial charge in [-0.2, -0.15) is 0 Å². The maximum atomic E-state index is 14.9. The number of benzene rings is 2. The Kier molecular flexibility index (Phi) is 8.87. The minimum Gasteiger partial charge on any atom is -0.457 e. The molecule has 3 aliphatic rings. The number of piperazine rings is 1. The quantitative estimate of drug-likeness (QED) is 0.354. The highest BCUT2D eigenvalue weighted by molar-refractivity contribution is 6.12. The molecular formula is C33H37F2N7O4. The molecule has 2 saturated heterocycles. The van der Waals surface area contributed by atoms with Gasteiger partial charge >= 0.3 is 6.03 Å². The molecule has 6 rings (SSSR count). The Balaban J connectivity index is 1.17. The Morgan fingerprint density at radius 2 is 1.61 bits per heavy atom. The van der Waals surface area contributed by atoms with Gasteiger partial charge in [-0.3, -0.25) is 14.5 Å². The van der Waals surface area contributed by atoms with Crippen LogP contribution < -0.4 is 20.7 Å². The third kappa shape index (κ3) is 6.65. The van der Waals surface area contributed by atoms with Crippen LogP contribution in [0.3, 0.4) is 0 Å². The molecule has 3 aromatic rings. The summed E-state index contributed by atoms with van der Waals surface area (Å²) >= 11 is 0. The van der Waals surface area contributed by atoms with Crippen molar-refractivity contribution >= 4 is 35.0 Å². The summed E-state index contributed by atoms with van der Waals surface area (Å²) in [5.41, 5.74) is 4.39. The number of carbonyl (C=O) groups excluding carboxylic acids is 3. The fraction of sp³-hybridized carbons (Fsp3) is 0.394. The highest BCUT2D eigenvalue weighted by Crippen LogP contribution is 2.46. The van der Waals surface area contributed by atoms with E-state index in [4.69, 9.17) is 10.5 Å². The number of urea groups is 1. The molecule has 3 fully saturated rings. The van der Waals surface area contributed by atoms with Crippen LogP contribution in [0.1, 0.15) is 25.7 Å². The Bertz CT molecular complexity index is 1600. The Morgan fingerprint density at radius 3 is 2.24 bits per heavy atom. The van der Waals surface area contributed by atoms with E-state index < -0.39 is 28.9 Å². The van der Waals surface area contributed by atoms with Crippen molar-refractivity contribution in [2.45, 2.75) is 31.7 Å². The number of primary amides is 1. The lowest BCUT2D eigenvalue weighted by Crippen LogP contribution is -2.54. The number of aromatic nitrogens is 1. The first-order valence-corrected chi connectivity index (χ1v) is 15.4. The zero-order chi connectivity index (χ0) is 32.4. The smallest absolute Gasteiger partial charge is 0.330 e. The summed E-state index contributed by atoms with van der Waals surface area (Å²) in [5.74, 6) is -1.90. The van der Waals surface area contributed by atoms with Gasteiger partial charge in [-0.25, -0.2) is 23.5 Å². The topological polar surface area (TPSA) is 124 Å². The number of hydrogen-bond acceptors (Lipinski definition) is 7. The number of piperidine rings is 1. The van der Waals surface area contributed by atoms with Crippen molar-refractivity contribution in [1.82, 2.24) is 19.7 Å². The number of nitrogens with zero attached hydrogens (tertiary/aromatic N) is 5. The van der Waals surface area contributed by atoms with Crippen LogP contribution in [0.2, 0.25) is 0 Å². The second-order valence-electron chi connectivity index (χ2n) is 12.1. The second kappa shape index (κ2) is 13.0. The molecule has 2 aliphatic heterocycles. The molecule has 242 valence electrons. The van der Waals surface area contributed by atoms with Gasteiger partial charge in [0.1, 0.15) is 34.4 Å². The molecule has 0 atom stereocenters. The number of carbonyl (C=O) groups is 3. The van der Waals surface area contributed by atoms with Gasteiger partial charge in [0.25, 0.3) is 0 Å². The van der Waals surface area contributed by atoms with Crippen LogP contribution in [0.5, 0.6) is 11.5 Å². The molecule has 3 N–H and O–H groups in total. The van der Waals surface area contributed by atoms with Crippen molar-refractivity contribution in [2.75, 3.05) is 56.5 Å². The first-order valence-electron chi connectivity index (χ1n) is 15.4. The lowest BCUT2D eigenvalue weighted by molar-refractivity contribution is -0.132. The molecule has 46 heavy (non-hydrogen) atoms. The predicted molar refractivity (Wildman–Crippen MR) is 168 cm³/mol. The predicted octanol–water partition coefficient (Wildman–Crippen LogP) is 4.33. The summed E-state index contributed by atoms with van der Waals surface area (Å²) in [7, 11) is 2.13. The van der Waals surface area contributed by atoms with Gasteiger partial charge in [-0.1, -0.05) is 0 Å². The van der Waals surface area contributed by atoms with Crippen LogP contribution >= 0.6 is 0 Å². The molecule has 1 aromatic heterocycles. The summed E-state index contributed by atoms with van der Waals surface area (Å²) in [4.78, 5) is 50.6. The largest absolute Gasteiger partial charge is 0.457 e. The minimum absolute atomic E-state index is 0.107. The van der Waals surface area contributed by atoms with Gasteiger partial charge in [0, 0.05) is 63.6 Å². The van der Waals surface area contributed by atoms with Gasteiger partial charge < -0.3 is 25.6 Å². The van der Waals surface area contributed by atoms with Crippen molar-refractivity contribution in [3.8, 4) is 11.5 Å². The zero-order valence-corrected chi connectivity index (χ0v) is 25.6. The monoisotopic (exact) mass is 633 g/mol. The molecule has 0 bridgehead atoms. The number of likely N-dealkylation sites (N-methyl/N-ethyl adjacent to an activating group) is 1. The van der Waals surface area contributed by atoms with E-state index in [0.29, 0.717) is 37.7 Å². The fourth-order valence-corrected chi connectivity index (χ4v) is 6.02. The van der Waals surface area contributed by atoms with Crippen molar-refractivity contribution < 1.29 is 27.9 Å². The summed E-state index contributed by atoms with van der Waals surface area (Å²) < 4.78 is 34.7. The molecule has 1 aliphatic carbocycles. The molecule has 13 heteroatoms. The fourth-order valence-electron chi connectivity index (χ4n) is 6.02. The number of nitrogens with two attached hydrogens (primary N) is 1. The third-order valence-corrected chi connectivity index (χ3v) is 9.09. The van der Waals surface area contributed by atoms with E-state index >= 15 is 0 Å². The van der Waals surface area contributed by atoms with Gasteiger partial charge in [0.15, 0.2) is 0 Å². The number of likely N-dealkylation sites (tertiary alicyclic amines) is 1. The number of pyridine rings is 1. The van der Waals surface area contributed by atoms with Gasteiger partial charge in [0.2, 0.25) is 11.8 Å². The second-order valence-corrected chi connectivity index (χ2v) is 12.1. The molecule has 0 spiro atoms. The number of amides is 4. The lowest BCUT2D eigenvalue weighted by atomic mass is 10.0. The van der Waals surface area contributed by atoms with Crippen molar-refractivity contribution in [1.29, 1.82) is 0 Å². The average Bonchev–Trinajstić information content (AvgIpc) is 3.87. The highest BCUT2D eigenvalue weighted by Gasteiger charge is 2.55. The van der Waals surface area contributed by atoms with Gasteiger partial charge in [-0.05, 0) is 75.2 Å². The maximum absolute atomic E-state index is 14.9. The van der Waals surface area contributed by atoms with E-state index in [9.17, 15) is 23.2 Å². The first kappa shape index (κ1) is 31.4. The van der Waals surface area contributed by atoms with E-state index in [2.05, 4.69) is 27.1 Å². The van der Waals surface area contributed by atoms with Crippen molar-refractivity contribution in [2.24, 2.45) is 11.1 Å².